The number of para-hydroxylation sites is 1. The van der Waals surface area contributed by atoms with Crippen LogP contribution in [0, 0.1) is 0 Å². The van der Waals surface area contributed by atoms with Gasteiger partial charge in [0.05, 0.1) is 12.2 Å². The lowest BCUT2D eigenvalue weighted by molar-refractivity contribution is -0.138. The highest BCUT2D eigenvalue weighted by atomic mass is 32.1. The Labute approximate surface area is 175 Å². The normalized spacial score (nSPS) is 14.4. The molecule has 0 saturated carbocycles. The van der Waals surface area contributed by atoms with Crippen LogP contribution in [0.15, 0.2) is 30.3 Å². The van der Waals surface area contributed by atoms with Gasteiger partial charge in [0.15, 0.2) is 5.13 Å². The van der Waals surface area contributed by atoms with Crippen molar-refractivity contribution in [1.82, 2.24) is 14.9 Å². The van der Waals surface area contributed by atoms with E-state index in [2.05, 4.69) is 15.3 Å². The van der Waals surface area contributed by atoms with Gasteiger partial charge in [0, 0.05) is 35.2 Å². The van der Waals surface area contributed by atoms with E-state index in [1.165, 1.54) is 11.3 Å². The van der Waals surface area contributed by atoms with E-state index < -0.39 is 12.0 Å². The van der Waals surface area contributed by atoms with Crippen LogP contribution in [0.25, 0.3) is 10.9 Å². The maximum Gasteiger partial charge on any atom is 0.320 e. The Morgan fingerprint density at radius 3 is 2.90 bits per heavy atom. The molecule has 2 amide bonds. The summed E-state index contributed by atoms with van der Waals surface area (Å²) in [5.41, 5.74) is 7.76. The van der Waals surface area contributed by atoms with Crippen LogP contribution in [0.1, 0.15) is 33.9 Å². The zero-order chi connectivity index (χ0) is 21.3. The summed E-state index contributed by atoms with van der Waals surface area (Å²) in [5, 5.41) is 12.9. The molecule has 3 heterocycles. The summed E-state index contributed by atoms with van der Waals surface area (Å²) in [6.07, 6.45) is 0.666. The van der Waals surface area contributed by atoms with E-state index in [1.54, 1.807) is 4.90 Å². The van der Waals surface area contributed by atoms with Gasteiger partial charge in [-0.1, -0.05) is 29.5 Å². The van der Waals surface area contributed by atoms with Crippen LogP contribution in [0.4, 0.5) is 5.13 Å². The molecule has 30 heavy (non-hydrogen) atoms. The Balaban J connectivity index is 1.39. The lowest BCUT2D eigenvalue weighted by atomic mass is 10.1. The van der Waals surface area contributed by atoms with E-state index in [0.29, 0.717) is 30.3 Å². The molecule has 9 nitrogen and oxygen atoms in total. The topological polar surface area (TPSA) is 141 Å². The molecule has 0 spiro atoms. The molecule has 0 fully saturated rings. The molecule has 0 saturated heterocycles. The number of benzene rings is 1. The monoisotopic (exact) mass is 427 g/mol. The maximum atomic E-state index is 12.9. The largest absolute Gasteiger partial charge is 0.480 e. The summed E-state index contributed by atoms with van der Waals surface area (Å²) in [6, 6.07) is 8.53. The average Bonchev–Trinajstić information content (AvgIpc) is 3.33. The minimum atomic E-state index is -1.13. The van der Waals surface area contributed by atoms with Crippen LogP contribution in [-0.2, 0) is 22.6 Å². The number of aromatic nitrogens is 2. The number of anilines is 1. The van der Waals surface area contributed by atoms with Gasteiger partial charge in [-0.25, -0.2) is 4.98 Å². The highest BCUT2D eigenvalue weighted by Gasteiger charge is 2.26. The molecule has 1 atom stereocenters. The second kappa shape index (κ2) is 8.25. The summed E-state index contributed by atoms with van der Waals surface area (Å²) in [5.74, 6) is -1.53. The van der Waals surface area contributed by atoms with Gasteiger partial charge in [-0.05, 0) is 18.6 Å². The number of aromatic amines is 1. The minimum absolute atomic E-state index is 0.00269. The number of hydrogen-bond acceptors (Lipinski definition) is 6. The van der Waals surface area contributed by atoms with E-state index in [9.17, 15) is 14.4 Å². The fraction of sp³-hybridized carbons (Fsp3) is 0.300. The number of H-pyrrole nitrogens is 1. The third-order valence-electron chi connectivity index (χ3n) is 5.02. The molecular weight excluding hydrogens is 406 g/mol. The Morgan fingerprint density at radius 1 is 1.33 bits per heavy atom. The van der Waals surface area contributed by atoms with E-state index in [0.717, 1.165) is 21.5 Å². The average molecular weight is 427 g/mol. The lowest BCUT2D eigenvalue weighted by Gasteiger charge is -2.25. The molecular formula is C20H21N5O4S. The van der Waals surface area contributed by atoms with Crippen molar-refractivity contribution in [2.75, 3.05) is 11.9 Å². The number of carboxylic acids is 1. The molecule has 1 aliphatic rings. The van der Waals surface area contributed by atoms with Crippen LogP contribution < -0.4 is 11.1 Å². The molecule has 0 radical (unpaired) electrons. The number of carboxylic acid groups (broad SMARTS) is 1. The van der Waals surface area contributed by atoms with Gasteiger partial charge < -0.3 is 26.0 Å². The Morgan fingerprint density at radius 2 is 2.13 bits per heavy atom. The molecule has 10 heteroatoms. The van der Waals surface area contributed by atoms with Gasteiger partial charge in [0.25, 0.3) is 5.91 Å². The SMILES string of the molecule is NC(CCC(=O)Nc1nc2c(s1)CN(C(=O)c1cc3ccccc3[nH]1)CC2)C(=O)O. The lowest BCUT2D eigenvalue weighted by Crippen LogP contribution is -2.35. The summed E-state index contributed by atoms with van der Waals surface area (Å²) >= 11 is 1.33. The van der Waals surface area contributed by atoms with Crippen molar-refractivity contribution < 1.29 is 19.5 Å². The van der Waals surface area contributed by atoms with Crippen molar-refractivity contribution in [2.24, 2.45) is 5.73 Å². The molecule has 0 bridgehead atoms. The van der Waals surface area contributed by atoms with E-state index >= 15 is 0 Å². The number of carbonyl (C=O) groups is 3. The first kappa shape index (κ1) is 20.0. The molecule has 156 valence electrons. The van der Waals surface area contributed by atoms with Crippen molar-refractivity contribution in [3.8, 4) is 0 Å². The summed E-state index contributed by atoms with van der Waals surface area (Å²) in [4.78, 5) is 46.0. The smallest absolute Gasteiger partial charge is 0.320 e. The quantitative estimate of drug-likeness (QED) is 0.474. The molecule has 5 N–H and O–H groups in total. The number of fused-ring (bicyclic) bond motifs is 2. The van der Waals surface area contributed by atoms with E-state index in [1.807, 2.05) is 30.3 Å². The second-order valence-electron chi connectivity index (χ2n) is 7.17. The zero-order valence-corrected chi connectivity index (χ0v) is 16.9. The van der Waals surface area contributed by atoms with Crippen molar-refractivity contribution in [3.63, 3.8) is 0 Å². The molecule has 0 aliphatic carbocycles. The van der Waals surface area contributed by atoms with Crippen LogP contribution in [-0.4, -0.2) is 50.3 Å². The molecule has 2 aromatic heterocycles. The van der Waals surface area contributed by atoms with Gasteiger partial charge >= 0.3 is 5.97 Å². The molecule has 1 aliphatic heterocycles. The third kappa shape index (κ3) is 4.19. The number of nitrogens with two attached hydrogens (primary N) is 1. The summed E-state index contributed by atoms with van der Waals surface area (Å²) in [7, 11) is 0. The predicted molar refractivity (Wildman–Crippen MR) is 112 cm³/mol. The standard InChI is InChI=1S/C20H21N5O4S/c21-12(19(28)29)5-6-17(26)24-20-23-14-7-8-25(10-16(14)30-20)18(27)15-9-11-3-1-2-4-13(11)22-15/h1-4,9,12,22H,5-8,10,21H2,(H,28,29)(H,23,24,26). The molecule has 1 aromatic carbocycles. The summed E-state index contributed by atoms with van der Waals surface area (Å²) < 4.78 is 0. The zero-order valence-electron chi connectivity index (χ0n) is 16.1. The number of carbonyl (C=O) groups excluding carboxylic acids is 2. The Bertz CT molecular complexity index is 1090. The number of thiazole rings is 1. The Hall–Kier alpha value is -3.24. The maximum absolute atomic E-state index is 12.9. The van der Waals surface area contributed by atoms with Crippen molar-refractivity contribution in [3.05, 3.63) is 46.6 Å². The van der Waals surface area contributed by atoms with Crippen LogP contribution >= 0.6 is 11.3 Å². The third-order valence-corrected chi connectivity index (χ3v) is 6.02. The van der Waals surface area contributed by atoms with Gasteiger partial charge in [0.1, 0.15) is 11.7 Å². The predicted octanol–water partition coefficient (Wildman–Crippen LogP) is 1.95. The second-order valence-corrected chi connectivity index (χ2v) is 8.25. The number of amides is 2. The molecule has 4 rings (SSSR count). The van der Waals surface area contributed by atoms with Crippen molar-refractivity contribution in [1.29, 1.82) is 0 Å². The first-order chi connectivity index (χ1) is 14.4. The first-order valence-electron chi connectivity index (χ1n) is 9.54. The molecule has 3 aromatic rings. The van der Waals surface area contributed by atoms with Crippen molar-refractivity contribution in [2.45, 2.75) is 31.8 Å². The van der Waals surface area contributed by atoms with E-state index in [4.69, 9.17) is 10.8 Å². The highest BCUT2D eigenvalue weighted by Crippen LogP contribution is 2.29. The van der Waals surface area contributed by atoms with E-state index in [-0.39, 0.29) is 24.7 Å². The van der Waals surface area contributed by atoms with Gasteiger partial charge in [-0.2, -0.15) is 0 Å². The number of hydrogen-bond donors (Lipinski definition) is 4. The Kier molecular flexibility index (Phi) is 5.51. The minimum Gasteiger partial charge on any atom is -0.480 e. The fourth-order valence-corrected chi connectivity index (χ4v) is 4.41. The van der Waals surface area contributed by atoms with Crippen LogP contribution in [0.5, 0.6) is 0 Å². The molecule has 1 unspecified atom stereocenters. The fourth-order valence-electron chi connectivity index (χ4n) is 3.37. The number of aliphatic carboxylic acids is 1. The number of nitrogens with zero attached hydrogens (tertiary/aromatic N) is 2. The number of rotatable bonds is 6. The van der Waals surface area contributed by atoms with Gasteiger partial charge in [-0.3, -0.25) is 14.4 Å². The van der Waals surface area contributed by atoms with Crippen molar-refractivity contribution >= 4 is 45.2 Å². The summed E-state index contributed by atoms with van der Waals surface area (Å²) in [6.45, 7) is 0.979. The van der Waals surface area contributed by atoms with Gasteiger partial charge in [0.2, 0.25) is 5.91 Å². The number of nitrogens with one attached hydrogen (secondary N) is 2. The van der Waals surface area contributed by atoms with Crippen LogP contribution in [0.2, 0.25) is 0 Å². The van der Waals surface area contributed by atoms with Crippen LogP contribution in [0.3, 0.4) is 0 Å². The highest BCUT2D eigenvalue weighted by molar-refractivity contribution is 7.15. The first-order valence-corrected chi connectivity index (χ1v) is 10.4. The van der Waals surface area contributed by atoms with Gasteiger partial charge in [-0.15, -0.1) is 0 Å².